The van der Waals surface area contributed by atoms with Crippen LogP contribution in [0.1, 0.15) is 37.6 Å². The third kappa shape index (κ3) is 3.28. The lowest BCUT2D eigenvalue weighted by Gasteiger charge is -2.07. The third-order valence-electron chi connectivity index (χ3n) is 4.39. The van der Waals surface area contributed by atoms with Gasteiger partial charge in [-0.3, -0.25) is 9.59 Å². The van der Waals surface area contributed by atoms with Gasteiger partial charge in [-0.2, -0.15) is 0 Å². The molecule has 0 fully saturated rings. The summed E-state index contributed by atoms with van der Waals surface area (Å²) in [5.41, 5.74) is 7.67. The zero-order valence-corrected chi connectivity index (χ0v) is 15.0. The molecule has 4 rings (SSSR count). The predicted molar refractivity (Wildman–Crippen MR) is 99.0 cm³/mol. The smallest absolute Gasteiger partial charge is 0.338 e. The number of amides is 2. The monoisotopic (exact) mass is 384 g/mol. The molecule has 8 nitrogen and oxygen atoms in total. The van der Waals surface area contributed by atoms with Gasteiger partial charge in [0.25, 0.3) is 11.8 Å². The fourth-order valence-electron chi connectivity index (χ4n) is 3.17. The summed E-state index contributed by atoms with van der Waals surface area (Å²) in [6, 6.07) is 3.17. The van der Waals surface area contributed by atoms with E-state index >= 15 is 0 Å². The Morgan fingerprint density at radius 2 is 2.15 bits per heavy atom. The van der Waals surface area contributed by atoms with Crippen LogP contribution in [0.4, 0.5) is 5.00 Å². The number of pyridine rings is 1. The number of hydrogen-bond donors (Lipinski definition) is 2. The molecule has 0 radical (unpaired) electrons. The lowest BCUT2D eigenvalue weighted by Crippen LogP contribution is -2.22. The van der Waals surface area contributed by atoms with Crippen LogP contribution in [-0.2, 0) is 22.4 Å². The molecule has 0 aliphatic heterocycles. The van der Waals surface area contributed by atoms with Crippen molar-refractivity contribution in [1.29, 1.82) is 0 Å². The first-order valence-corrected chi connectivity index (χ1v) is 9.18. The average molecular weight is 384 g/mol. The van der Waals surface area contributed by atoms with E-state index in [-0.39, 0.29) is 0 Å². The van der Waals surface area contributed by atoms with Gasteiger partial charge in [0, 0.05) is 23.5 Å². The summed E-state index contributed by atoms with van der Waals surface area (Å²) >= 11 is 1.35. The molecule has 0 saturated carbocycles. The minimum absolute atomic E-state index is 0.300. The van der Waals surface area contributed by atoms with Gasteiger partial charge in [0.2, 0.25) is 0 Å². The standard InChI is InChI=1S/C18H16N4O4S/c19-16(24)15-11-2-1-3-12(11)27-17(15)21-14(23)9-26-18(25)10-4-6-22-7-5-20-13(22)8-10/h4-8H,1-3,9H2,(H2,19,24)(H,21,23). The molecule has 3 aromatic rings. The van der Waals surface area contributed by atoms with Crippen LogP contribution < -0.4 is 11.1 Å². The van der Waals surface area contributed by atoms with E-state index in [4.69, 9.17) is 10.5 Å². The number of rotatable bonds is 5. The fraction of sp³-hybridized carbons (Fsp3) is 0.222. The summed E-state index contributed by atoms with van der Waals surface area (Å²) in [7, 11) is 0. The van der Waals surface area contributed by atoms with Crippen LogP contribution in [0.2, 0.25) is 0 Å². The number of thiophene rings is 1. The molecule has 0 unspecified atom stereocenters. The Balaban J connectivity index is 1.41. The highest BCUT2D eigenvalue weighted by Gasteiger charge is 2.26. The normalized spacial score (nSPS) is 12.7. The number of carbonyl (C=O) groups excluding carboxylic acids is 3. The van der Waals surface area contributed by atoms with Crippen LogP contribution in [0.5, 0.6) is 0 Å². The summed E-state index contributed by atoms with van der Waals surface area (Å²) in [5.74, 6) is -1.71. The molecular weight excluding hydrogens is 368 g/mol. The average Bonchev–Trinajstić information content (AvgIpc) is 3.33. The first-order valence-electron chi connectivity index (χ1n) is 8.37. The summed E-state index contributed by atoms with van der Waals surface area (Å²) in [6.07, 6.45) is 7.70. The second kappa shape index (κ2) is 6.84. The van der Waals surface area contributed by atoms with Gasteiger partial charge in [0.15, 0.2) is 6.61 Å². The third-order valence-corrected chi connectivity index (χ3v) is 5.60. The van der Waals surface area contributed by atoms with Crippen molar-refractivity contribution in [3.63, 3.8) is 0 Å². The lowest BCUT2D eigenvalue weighted by molar-refractivity contribution is -0.119. The van der Waals surface area contributed by atoms with E-state index in [2.05, 4.69) is 10.3 Å². The van der Waals surface area contributed by atoms with E-state index in [0.29, 0.717) is 21.8 Å². The Morgan fingerprint density at radius 1 is 1.30 bits per heavy atom. The largest absolute Gasteiger partial charge is 0.452 e. The predicted octanol–water partition coefficient (Wildman–Crippen LogP) is 1.78. The van der Waals surface area contributed by atoms with Crippen molar-refractivity contribution in [2.24, 2.45) is 5.73 Å². The van der Waals surface area contributed by atoms with Crippen molar-refractivity contribution in [1.82, 2.24) is 9.38 Å². The van der Waals surface area contributed by atoms with Crippen molar-refractivity contribution in [3.05, 3.63) is 52.3 Å². The van der Waals surface area contributed by atoms with E-state index in [1.165, 1.54) is 11.3 Å². The number of aryl methyl sites for hydroxylation is 1. The highest BCUT2D eigenvalue weighted by atomic mass is 32.1. The van der Waals surface area contributed by atoms with Crippen LogP contribution in [0.15, 0.2) is 30.7 Å². The zero-order valence-electron chi connectivity index (χ0n) is 14.2. The Labute approximate surface area is 158 Å². The summed E-state index contributed by atoms with van der Waals surface area (Å²) < 4.78 is 6.82. The molecule has 0 saturated heterocycles. The highest BCUT2D eigenvalue weighted by Crippen LogP contribution is 2.38. The van der Waals surface area contributed by atoms with Crippen LogP contribution >= 0.6 is 11.3 Å². The number of ether oxygens (including phenoxy) is 1. The van der Waals surface area contributed by atoms with E-state index in [0.717, 1.165) is 29.7 Å². The number of carbonyl (C=O) groups is 3. The Kier molecular flexibility index (Phi) is 4.36. The summed E-state index contributed by atoms with van der Waals surface area (Å²) in [6.45, 7) is -0.459. The van der Waals surface area contributed by atoms with Gasteiger partial charge in [-0.05, 0) is 37.0 Å². The number of primary amides is 1. The SMILES string of the molecule is NC(=O)c1c(NC(=O)COC(=O)c2ccn3ccnc3c2)sc2c1CCC2. The van der Waals surface area contributed by atoms with E-state index in [9.17, 15) is 14.4 Å². The molecule has 3 N–H and O–H groups in total. The molecule has 3 aromatic heterocycles. The molecule has 2 amide bonds. The number of nitrogens with two attached hydrogens (primary N) is 1. The quantitative estimate of drug-likeness (QED) is 0.651. The first-order chi connectivity index (χ1) is 13.0. The van der Waals surface area contributed by atoms with E-state index in [1.54, 1.807) is 35.1 Å². The molecule has 1 aliphatic rings. The number of anilines is 1. The van der Waals surface area contributed by atoms with Gasteiger partial charge in [-0.25, -0.2) is 9.78 Å². The number of aromatic nitrogens is 2. The Bertz CT molecular complexity index is 1070. The number of imidazole rings is 1. The second-order valence-electron chi connectivity index (χ2n) is 6.16. The molecule has 0 atom stereocenters. The number of fused-ring (bicyclic) bond motifs is 2. The lowest BCUT2D eigenvalue weighted by atomic mass is 10.1. The van der Waals surface area contributed by atoms with Crippen molar-refractivity contribution >= 4 is 39.8 Å². The van der Waals surface area contributed by atoms with Crippen molar-refractivity contribution < 1.29 is 19.1 Å². The van der Waals surface area contributed by atoms with Gasteiger partial charge >= 0.3 is 5.97 Å². The minimum atomic E-state index is -0.626. The highest BCUT2D eigenvalue weighted by molar-refractivity contribution is 7.17. The second-order valence-corrected chi connectivity index (χ2v) is 7.26. The number of esters is 1. The maximum Gasteiger partial charge on any atom is 0.338 e. The van der Waals surface area contributed by atoms with Crippen LogP contribution in [0.3, 0.4) is 0 Å². The minimum Gasteiger partial charge on any atom is -0.452 e. The summed E-state index contributed by atoms with van der Waals surface area (Å²) in [4.78, 5) is 41.2. The Hall–Kier alpha value is -3.20. The molecule has 138 valence electrons. The topological polar surface area (TPSA) is 116 Å². The van der Waals surface area contributed by atoms with Gasteiger partial charge in [0.1, 0.15) is 10.6 Å². The summed E-state index contributed by atoms with van der Waals surface area (Å²) in [5, 5.41) is 3.06. The first kappa shape index (κ1) is 17.2. The van der Waals surface area contributed by atoms with Crippen molar-refractivity contribution in [3.8, 4) is 0 Å². The number of nitrogens with zero attached hydrogens (tertiary/aromatic N) is 2. The van der Waals surface area contributed by atoms with Gasteiger partial charge in [-0.1, -0.05) is 0 Å². The number of nitrogens with one attached hydrogen (secondary N) is 1. The van der Waals surface area contributed by atoms with Gasteiger partial charge < -0.3 is 20.2 Å². The Morgan fingerprint density at radius 3 is 2.96 bits per heavy atom. The maximum atomic E-state index is 12.2. The van der Waals surface area contributed by atoms with Gasteiger partial charge in [-0.15, -0.1) is 11.3 Å². The van der Waals surface area contributed by atoms with E-state index < -0.39 is 24.4 Å². The maximum absolute atomic E-state index is 12.2. The molecule has 1 aliphatic carbocycles. The van der Waals surface area contributed by atoms with Crippen molar-refractivity contribution in [2.45, 2.75) is 19.3 Å². The molecule has 27 heavy (non-hydrogen) atoms. The van der Waals surface area contributed by atoms with Crippen LogP contribution in [0.25, 0.3) is 5.65 Å². The number of hydrogen-bond acceptors (Lipinski definition) is 6. The molecule has 0 bridgehead atoms. The van der Waals surface area contributed by atoms with Crippen molar-refractivity contribution in [2.75, 3.05) is 11.9 Å². The molecule has 3 heterocycles. The zero-order chi connectivity index (χ0) is 19.0. The van der Waals surface area contributed by atoms with Crippen LogP contribution in [0, 0.1) is 0 Å². The van der Waals surface area contributed by atoms with Crippen LogP contribution in [-0.4, -0.2) is 33.8 Å². The molecular formula is C18H16N4O4S. The fourth-order valence-corrected chi connectivity index (χ4v) is 4.48. The van der Waals surface area contributed by atoms with E-state index in [1.807, 2.05) is 0 Å². The molecule has 9 heteroatoms. The van der Waals surface area contributed by atoms with Gasteiger partial charge in [0.05, 0.1) is 11.1 Å². The molecule has 0 spiro atoms. The molecule has 0 aromatic carbocycles.